The van der Waals surface area contributed by atoms with Crippen molar-refractivity contribution in [2.24, 2.45) is 0 Å². The second kappa shape index (κ2) is 8.94. The summed E-state index contributed by atoms with van der Waals surface area (Å²) in [5.74, 6) is 1.15. The van der Waals surface area contributed by atoms with E-state index in [4.69, 9.17) is 11.6 Å². The maximum Gasteiger partial charge on any atom is 0.229 e. The van der Waals surface area contributed by atoms with Crippen LogP contribution >= 0.6 is 11.6 Å². The summed E-state index contributed by atoms with van der Waals surface area (Å²) < 4.78 is 0. The average molecular weight is 447 g/mol. The molecule has 8 nitrogen and oxygen atoms in total. The van der Waals surface area contributed by atoms with Crippen molar-refractivity contribution in [2.45, 2.75) is 0 Å². The van der Waals surface area contributed by atoms with Crippen LogP contribution in [0.3, 0.4) is 0 Å². The number of piperazine rings is 1. The first-order valence-corrected chi connectivity index (χ1v) is 10.8. The molecule has 0 unspecified atom stereocenters. The summed E-state index contributed by atoms with van der Waals surface area (Å²) in [5, 5.41) is 16.2. The van der Waals surface area contributed by atoms with Crippen molar-refractivity contribution in [1.29, 1.82) is 0 Å². The van der Waals surface area contributed by atoms with E-state index < -0.39 is 0 Å². The predicted octanol–water partition coefficient (Wildman–Crippen LogP) is 4.31. The Kier molecular flexibility index (Phi) is 5.70. The molecular weight excluding hydrogens is 424 g/mol. The third-order valence-corrected chi connectivity index (χ3v) is 5.84. The maximum atomic E-state index is 6.24. The lowest BCUT2D eigenvalue weighted by molar-refractivity contribution is 0.313. The third kappa shape index (κ3) is 4.42. The van der Waals surface area contributed by atoms with Crippen LogP contribution in [-0.2, 0) is 0 Å². The van der Waals surface area contributed by atoms with Gasteiger partial charge >= 0.3 is 0 Å². The quantitative estimate of drug-likeness (QED) is 0.469. The lowest BCUT2D eigenvalue weighted by Crippen LogP contribution is -2.44. The number of hydrogen-bond acceptors (Lipinski definition) is 8. The minimum Gasteiger partial charge on any atom is -0.369 e. The molecule has 0 aliphatic carbocycles. The van der Waals surface area contributed by atoms with Gasteiger partial charge in [-0.15, -0.1) is 5.10 Å². The number of anilines is 5. The van der Waals surface area contributed by atoms with Gasteiger partial charge in [0.1, 0.15) is 11.3 Å². The van der Waals surface area contributed by atoms with E-state index in [1.807, 2.05) is 12.1 Å². The van der Waals surface area contributed by atoms with E-state index in [9.17, 15) is 0 Å². The minimum absolute atomic E-state index is 0.506. The number of fused-ring (bicyclic) bond motifs is 1. The van der Waals surface area contributed by atoms with E-state index in [0.29, 0.717) is 22.3 Å². The number of rotatable bonds is 5. The third-order valence-electron chi connectivity index (χ3n) is 5.53. The predicted molar refractivity (Wildman–Crippen MR) is 129 cm³/mol. The van der Waals surface area contributed by atoms with E-state index in [0.717, 1.165) is 42.9 Å². The summed E-state index contributed by atoms with van der Waals surface area (Å²) in [7, 11) is 2.16. The van der Waals surface area contributed by atoms with Crippen LogP contribution in [0.15, 0.2) is 60.9 Å². The van der Waals surface area contributed by atoms with Gasteiger partial charge in [0.2, 0.25) is 5.95 Å². The summed E-state index contributed by atoms with van der Waals surface area (Å²) >= 11 is 6.24. The van der Waals surface area contributed by atoms with Crippen molar-refractivity contribution in [3.8, 4) is 0 Å². The van der Waals surface area contributed by atoms with Gasteiger partial charge in [0.25, 0.3) is 0 Å². The van der Waals surface area contributed by atoms with Gasteiger partial charge in [-0.1, -0.05) is 23.7 Å². The van der Waals surface area contributed by atoms with Crippen molar-refractivity contribution in [3.63, 3.8) is 0 Å². The summed E-state index contributed by atoms with van der Waals surface area (Å²) in [6.45, 7) is 4.26. The van der Waals surface area contributed by atoms with E-state index in [2.05, 4.69) is 71.9 Å². The fraction of sp³-hybridized carbons (Fsp3) is 0.217. The van der Waals surface area contributed by atoms with E-state index >= 15 is 0 Å². The Balaban J connectivity index is 1.30. The van der Waals surface area contributed by atoms with Crippen LogP contribution in [0, 0.1) is 0 Å². The molecule has 3 heterocycles. The van der Waals surface area contributed by atoms with E-state index in [1.54, 1.807) is 24.5 Å². The van der Waals surface area contributed by atoms with Crippen LogP contribution in [0.2, 0.25) is 5.02 Å². The molecule has 0 bridgehead atoms. The van der Waals surface area contributed by atoms with Gasteiger partial charge in [0.05, 0.1) is 16.9 Å². The Labute approximate surface area is 191 Å². The summed E-state index contributed by atoms with van der Waals surface area (Å²) in [6, 6.07) is 15.8. The van der Waals surface area contributed by atoms with Gasteiger partial charge < -0.3 is 20.4 Å². The maximum absolute atomic E-state index is 6.24. The zero-order valence-electron chi connectivity index (χ0n) is 17.7. The molecule has 0 spiro atoms. The molecule has 9 heteroatoms. The Morgan fingerprint density at radius 2 is 1.75 bits per heavy atom. The number of benzene rings is 2. The van der Waals surface area contributed by atoms with Crippen LogP contribution in [0.1, 0.15) is 0 Å². The molecular formula is C23H23ClN8. The highest BCUT2D eigenvalue weighted by molar-refractivity contribution is 6.35. The number of nitrogens with zero attached hydrogens (tertiary/aromatic N) is 6. The molecule has 1 fully saturated rings. The van der Waals surface area contributed by atoms with Gasteiger partial charge in [0.15, 0.2) is 0 Å². The molecule has 0 radical (unpaired) electrons. The van der Waals surface area contributed by atoms with E-state index in [1.165, 1.54) is 5.69 Å². The zero-order chi connectivity index (χ0) is 21.9. The van der Waals surface area contributed by atoms with Crippen molar-refractivity contribution in [2.75, 3.05) is 48.8 Å². The number of hydrogen-bond donors (Lipinski definition) is 2. The van der Waals surface area contributed by atoms with Crippen LogP contribution < -0.4 is 15.5 Å². The lowest BCUT2D eigenvalue weighted by atomic mass is 10.2. The largest absolute Gasteiger partial charge is 0.369 e. The van der Waals surface area contributed by atoms with Crippen molar-refractivity contribution in [1.82, 2.24) is 25.1 Å². The second-order valence-corrected chi connectivity index (χ2v) is 8.15. The molecule has 5 rings (SSSR count). The Morgan fingerprint density at radius 1 is 0.938 bits per heavy atom. The highest BCUT2D eigenvalue weighted by Gasteiger charge is 2.14. The first kappa shape index (κ1) is 20.4. The SMILES string of the molecule is CN1CCN(c2ccc(Nc3nccc(Nc4cnnc5c(Cl)cccc45)n3)cc2)CC1. The summed E-state index contributed by atoms with van der Waals surface area (Å²) in [5.41, 5.74) is 3.59. The van der Waals surface area contributed by atoms with Crippen molar-refractivity contribution in [3.05, 3.63) is 65.9 Å². The molecule has 162 valence electrons. The summed E-state index contributed by atoms with van der Waals surface area (Å²) in [6.07, 6.45) is 3.37. The van der Waals surface area contributed by atoms with Gasteiger partial charge in [-0.2, -0.15) is 10.1 Å². The van der Waals surface area contributed by atoms with Crippen LogP contribution in [0.5, 0.6) is 0 Å². The Bertz CT molecular complexity index is 1220. The smallest absolute Gasteiger partial charge is 0.229 e. The van der Waals surface area contributed by atoms with Crippen LogP contribution in [-0.4, -0.2) is 58.3 Å². The molecule has 32 heavy (non-hydrogen) atoms. The number of likely N-dealkylation sites (N-methyl/N-ethyl adjacent to an activating group) is 1. The van der Waals surface area contributed by atoms with Gasteiger partial charge in [-0.05, 0) is 43.4 Å². The highest BCUT2D eigenvalue weighted by atomic mass is 35.5. The monoisotopic (exact) mass is 446 g/mol. The molecule has 4 aromatic rings. The summed E-state index contributed by atoms with van der Waals surface area (Å²) in [4.78, 5) is 13.7. The molecule has 2 N–H and O–H groups in total. The molecule has 2 aromatic heterocycles. The lowest BCUT2D eigenvalue weighted by Gasteiger charge is -2.34. The fourth-order valence-corrected chi connectivity index (χ4v) is 3.94. The second-order valence-electron chi connectivity index (χ2n) is 7.75. The van der Waals surface area contributed by atoms with E-state index in [-0.39, 0.29) is 0 Å². The van der Waals surface area contributed by atoms with Gasteiger partial charge in [0, 0.05) is 49.1 Å². The first-order valence-electron chi connectivity index (χ1n) is 10.5. The van der Waals surface area contributed by atoms with Gasteiger partial charge in [-0.25, -0.2) is 4.98 Å². The first-order chi connectivity index (χ1) is 15.7. The molecule has 1 aliphatic rings. The Hall–Kier alpha value is -3.49. The fourth-order valence-electron chi connectivity index (χ4n) is 3.72. The van der Waals surface area contributed by atoms with Crippen LogP contribution in [0.25, 0.3) is 10.9 Å². The number of halogens is 1. The molecule has 2 aromatic carbocycles. The normalized spacial score (nSPS) is 14.5. The average Bonchev–Trinajstić information content (AvgIpc) is 2.81. The molecule has 1 saturated heterocycles. The number of aromatic nitrogens is 4. The Morgan fingerprint density at radius 3 is 2.56 bits per heavy atom. The zero-order valence-corrected chi connectivity index (χ0v) is 18.4. The topological polar surface area (TPSA) is 82.1 Å². The molecule has 1 aliphatic heterocycles. The molecule has 0 amide bonds. The van der Waals surface area contributed by atoms with Crippen molar-refractivity contribution >= 4 is 51.3 Å². The minimum atomic E-state index is 0.506. The molecule has 0 saturated carbocycles. The van der Waals surface area contributed by atoms with Crippen LogP contribution in [0.4, 0.5) is 28.8 Å². The van der Waals surface area contributed by atoms with Gasteiger partial charge in [-0.3, -0.25) is 0 Å². The highest BCUT2D eigenvalue weighted by Crippen LogP contribution is 2.28. The standard InChI is InChI=1S/C23H23ClN8/c1-31-11-13-32(14-12-31)17-7-5-16(6-8-17)27-23-25-10-9-21(29-23)28-20-15-26-30-22-18(20)3-2-4-19(22)24/h2-10,15H,11-14H2,1H3,(H2,25,27,28,29,30). The number of nitrogens with one attached hydrogen (secondary N) is 2. The van der Waals surface area contributed by atoms with Crippen molar-refractivity contribution < 1.29 is 0 Å². The molecule has 0 atom stereocenters.